The smallest absolute Gasteiger partial charge is 0.233 e. The molecule has 90 valence electrons. The predicted molar refractivity (Wildman–Crippen MR) is 61.4 cm³/mol. The van der Waals surface area contributed by atoms with Gasteiger partial charge in [0.25, 0.3) is 0 Å². The highest BCUT2D eigenvalue weighted by Crippen LogP contribution is 2.04. The summed E-state index contributed by atoms with van der Waals surface area (Å²) in [6.07, 6.45) is 1.12. The molecule has 0 amide bonds. The summed E-state index contributed by atoms with van der Waals surface area (Å²) in [6.45, 7) is 4.93. The fraction of sp³-hybridized carbons (Fsp3) is 0.636. The van der Waals surface area contributed by atoms with Gasteiger partial charge in [-0.2, -0.15) is 5.10 Å². The number of aromatic nitrogens is 2. The molecule has 0 unspecified atom stereocenters. The molecule has 0 spiro atoms. The molecule has 1 heterocycles. The summed E-state index contributed by atoms with van der Waals surface area (Å²) in [6, 6.07) is 3.74. The number of nitrogens with zero attached hydrogens (tertiary/aromatic N) is 2. The average Bonchev–Trinajstić information content (AvgIpc) is 2.32. The first-order chi connectivity index (χ1) is 7.86. The van der Waals surface area contributed by atoms with E-state index in [4.69, 9.17) is 9.47 Å². The van der Waals surface area contributed by atoms with Crippen LogP contribution in [0.1, 0.15) is 19.0 Å². The van der Waals surface area contributed by atoms with Gasteiger partial charge in [-0.05, 0) is 19.0 Å². The number of nitrogens with one attached hydrogen (secondary N) is 1. The van der Waals surface area contributed by atoms with Crippen LogP contribution in [0.4, 0.5) is 0 Å². The van der Waals surface area contributed by atoms with Gasteiger partial charge in [0.15, 0.2) is 0 Å². The summed E-state index contributed by atoms with van der Waals surface area (Å²) < 4.78 is 10.2. The average molecular weight is 225 g/mol. The van der Waals surface area contributed by atoms with Gasteiger partial charge >= 0.3 is 0 Å². The SMILES string of the molecule is CCCNCc1ccc(OCCOC)nn1. The molecule has 0 saturated carbocycles. The molecule has 0 aliphatic heterocycles. The maximum Gasteiger partial charge on any atom is 0.233 e. The van der Waals surface area contributed by atoms with E-state index < -0.39 is 0 Å². The van der Waals surface area contributed by atoms with Gasteiger partial charge in [0, 0.05) is 19.7 Å². The molecule has 0 saturated heterocycles. The van der Waals surface area contributed by atoms with E-state index in [0.717, 1.165) is 25.2 Å². The van der Waals surface area contributed by atoms with Crippen LogP contribution in [0.3, 0.4) is 0 Å². The minimum Gasteiger partial charge on any atom is -0.474 e. The third-order valence-electron chi connectivity index (χ3n) is 1.97. The zero-order chi connectivity index (χ0) is 11.6. The Kier molecular flexibility index (Phi) is 6.44. The molecule has 0 aromatic carbocycles. The largest absolute Gasteiger partial charge is 0.474 e. The van der Waals surface area contributed by atoms with Crippen molar-refractivity contribution in [1.29, 1.82) is 0 Å². The van der Waals surface area contributed by atoms with Crippen molar-refractivity contribution in [2.24, 2.45) is 0 Å². The van der Waals surface area contributed by atoms with E-state index >= 15 is 0 Å². The Hall–Kier alpha value is -1.20. The van der Waals surface area contributed by atoms with E-state index in [1.807, 2.05) is 12.1 Å². The monoisotopic (exact) mass is 225 g/mol. The van der Waals surface area contributed by atoms with Gasteiger partial charge in [-0.25, -0.2) is 0 Å². The van der Waals surface area contributed by atoms with Gasteiger partial charge in [-0.15, -0.1) is 5.10 Å². The van der Waals surface area contributed by atoms with E-state index in [0.29, 0.717) is 19.1 Å². The molecule has 16 heavy (non-hydrogen) atoms. The lowest BCUT2D eigenvalue weighted by Gasteiger charge is -2.05. The second kappa shape index (κ2) is 8.01. The van der Waals surface area contributed by atoms with Crippen LogP contribution in [-0.4, -0.2) is 37.1 Å². The lowest BCUT2D eigenvalue weighted by Crippen LogP contribution is -2.15. The minimum atomic E-state index is 0.499. The molecule has 0 bridgehead atoms. The molecule has 0 fully saturated rings. The van der Waals surface area contributed by atoms with Gasteiger partial charge in [-0.3, -0.25) is 0 Å². The van der Waals surface area contributed by atoms with E-state index in [2.05, 4.69) is 22.4 Å². The van der Waals surface area contributed by atoms with Gasteiger partial charge in [-0.1, -0.05) is 6.92 Å². The van der Waals surface area contributed by atoms with E-state index in [1.54, 1.807) is 7.11 Å². The molecule has 1 N–H and O–H groups in total. The molecule has 1 rings (SSSR count). The number of methoxy groups -OCH3 is 1. The number of rotatable bonds is 8. The van der Waals surface area contributed by atoms with Crippen LogP contribution in [-0.2, 0) is 11.3 Å². The molecule has 1 aromatic rings. The molecule has 0 radical (unpaired) electrons. The van der Waals surface area contributed by atoms with Crippen LogP contribution in [0.2, 0.25) is 0 Å². The van der Waals surface area contributed by atoms with Gasteiger partial charge in [0.1, 0.15) is 6.61 Å². The number of hydrogen-bond donors (Lipinski definition) is 1. The van der Waals surface area contributed by atoms with Crippen molar-refractivity contribution in [3.63, 3.8) is 0 Å². The first-order valence-corrected chi connectivity index (χ1v) is 5.52. The van der Waals surface area contributed by atoms with Gasteiger partial charge < -0.3 is 14.8 Å². The molecular weight excluding hydrogens is 206 g/mol. The van der Waals surface area contributed by atoms with Crippen LogP contribution in [0.25, 0.3) is 0 Å². The van der Waals surface area contributed by atoms with Crippen molar-refractivity contribution in [2.45, 2.75) is 19.9 Å². The van der Waals surface area contributed by atoms with Crippen molar-refractivity contribution in [3.05, 3.63) is 17.8 Å². The highest BCUT2D eigenvalue weighted by Gasteiger charge is 1.98. The number of hydrogen-bond acceptors (Lipinski definition) is 5. The summed E-state index contributed by atoms with van der Waals surface area (Å²) in [5.74, 6) is 0.538. The fourth-order valence-electron chi connectivity index (χ4n) is 1.14. The van der Waals surface area contributed by atoms with Crippen LogP contribution >= 0.6 is 0 Å². The molecule has 0 atom stereocenters. The Labute approximate surface area is 96.2 Å². The normalized spacial score (nSPS) is 10.4. The van der Waals surface area contributed by atoms with Crippen molar-refractivity contribution in [3.8, 4) is 5.88 Å². The lowest BCUT2D eigenvalue weighted by atomic mass is 10.3. The molecule has 5 nitrogen and oxygen atoms in total. The second-order valence-corrected chi connectivity index (χ2v) is 3.38. The Balaban J connectivity index is 2.30. The number of ether oxygens (including phenoxy) is 2. The predicted octanol–water partition coefficient (Wildman–Crippen LogP) is 1.00. The van der Waals surface area contributed by atoms with Crippen LogP contribution in [0.15, 0.2) is 12.1 Å². The Morgan fingerprint density at radius 1 is 1.25 bits per heavy atom. The molecule has 5 heteroatoms. The first-order valence-electron chi connectivity index (χ1n) is 5.52. The quantitative estimate of drug-likeness (QED) is 0.669. The second-order valence-electron chi connectivity index (χ2n) is 3.38. The first kappa shape index (κ1) is 12.9. The summed E-state index contributed by atoms with van der Waals surface area (Å²) >= 11 is 0. The third-order valence-corrected chi connectivity index (χ3v) is 1.97. The van der Waals surface area contributed by atoms with Crippen LogP contribution in [0, 0.1) is 0 Å². The third kappa shape index (κ3) is 5.04. The zero-order valence-electron chi connectivity index (χ0n) is 9.90. The molecular formula is C11H19N3O2. The fourth-order valence-corrected chi connectivity index (χ4v) is 1.14. The lowest BCUT2D eigenvalue weighted by molar-refractivity contribution is 0.143. The zero-order valence-corrected chi connectivity index (χ0v) is 9.90. The molecule has 0 aliphatic carbocycles. The van der Waals surface area contributed by atoms with Crippen molar-refractivity contribution < 1.29 is 9.47 Å². The summed E-state index contributed by atoms with van der Waals surface area (Å²) in [5.41, 5.74) is 0.924. The molecule has 0 aliphatic rings. The van der Waals surface area contributed by atoms with Gasteiger partial charge in [0.2, 0.25) is 5.88 Å². The Morgan fingerprint density at radius 3 is 2.75 bits per heavy atom. The standard InChI is InChI=1S/C11H19N3O2/c1-3-6-12-9-10-4-5-11(14-13-10)16-8-7-15-2/h4-5,12H,3,6-9H2,1-2H3. The topological polar surface area (TPSA) is 56.3 Å². The van der Waals surface area contributed by atoms with Crippen molar-refractivity contribution in [2.75, 3.05) is 26.9 Å². The Morgan fingerprint density at radius 2 is 2.12 bits per heavy atom. The molecule has 1 aromatic heterocycles. The maximum absolute atomic E-state index is 5.31. The summed E-state index contributed by atoms with van der Waals surface area (Å²) in [7, 11) is 1.64. The summed E-state index contributed by atoms with van der Waals surface area (Å²) in [4.78, 5) is 0. The van der Waals surface area contributed by atoms with E-state index in [9.17, 15) is 0 Å². The van der Waals surface area contributed by atoms with E-state index in [1.165, 1.54) is 0 Å². The maximum atomic E-state index is 5.31. The van der Waals surface area contributed by atoms with Crippen molar-refractivity contribution in [1.82, 2.24) is 15.5 Å². The highest BCUT2D eigenvalue weighted by molar-refractivity contribution is 5.11. The van der Waals surface area contributed by atoms with Crippen LogP contribution < -0.4 is 10.1 Å². The van der Waals surface area contributed by atoms with Gasteiger partial charge in [0.05, 0.1) is 12.3 Å². The Bertz CT molecular complexity index is 248. The van der Waals surface area contributed by atoms with E-state index in [-0.39, 0.29) is 0 Å². The van der Waals surface area contributed by atoms with Crippen LogP contribution in [0.5, 0.6) is 5.88 Å². The highest BCUT2D eigenvalue weighted by atomic mass is 16.5. The minimum absolute atomic E-state index is 0.499. The van der Waals surface area contributed by atoms with Crippen molar-refractivity contribution >= 4 is 0 Å². The summed E-state index contributed by atoms with van der Waals surface area (Å²) in [5, 5.41) is 11.3.